The molecule has 3 heteroatoms. The topological polar surface area (TPSA) is 78.1 Å². The second-order valence-electron chi connectivity index (χ2n) is 5.64. The van der Waals surface area contributed by atoms with Gasteiger partial charge >= 0.3 is 0 Å². The van der Waals surface area contributed by atoms with Crippen LogP contribution in [0.15, 0.2) is 0 Å². The van der Waals surface area contributed by atoms with Gasteiger partial charge in [-0.1, -0.05) is 13.3 Å². The summed E-state index contributed by atoms with van der Waals surface area (Å²) in [6.45, 7) is 4.67. The van der Waals surface area contributed by atoms with E-state index in [1.807, 2.05) is 0 Å². The van der Waals surface area contributed by atoms with Gasteiger partial charge in [-0.3, -0.25) is 0 Å². The van der Waals surface area contributed by atoms with E-state index in [1.54, 1.807) is 0 Å². The average Bonchev–Trinajstić information content (AvgIpc) is 2.27. The molecule has 1 aliphatic carbocycles. The first-order valence-corrected chi connectivity index (χ1v) is 6.20. The number of rotatable bonds is 5. The van der Waals surface area contributed by atoms with Gasteiger partial charge in [0.05, 0.1) is 0 Å². The quantitative estimate of drug-likeness (QED) is 0.642. The molecule has 1 saturated carbocycles. The van der Waals surface area contributed by atoms with Gasteiger partial charge in [-0.15, -0.1) is 0 Å². The molecule has 0 aliphatic heterocycles. The molecule has 90 valence electrons. The Morgan fingerprint density at radius 3 is 2.33 bits per heavy atom. The van der Waals surface area contributed by atoms with Gasteiger partial charge in [-0.05, 0) is 62.6 Å². The van der Waals surface area contributed by atoms with Crippen LogP contribution in [0, 0.1) is 10.8 Å². The second-order valence-corrected chi connectivity index (χ2v) is 5.64. The lowest BCUT2D eigenvalue weighted by Gasteiger charge is -2.46. The standard InChI is InChI=1S/C12H27N3/c1-11(9-14)4-2-5-12(8-11,10-15)6-3-7-13/h2-10,13-15H2,1H3. The van der Waals surface area contributed by atoms with Crippen LogP contribution in [0.5, 0.6) is 0 Å². The Labute approximate surface area is 93.8 Å². The van der Waals surface area contributed by atoms with Crippen LogP contribution in [0.2, 0.25) is 0 Å². The van der Waals surface area contributed by atoms with Crippen molar-refractivity contribution in [3.63, 3.8) is 0 Å². The molecule has 1 fully saturated rings. The predicted octanol–water partition coefficient (Wildman–Crippen LogP) is 1.21. The van der Waals surface area contributed by atoms with E-state index in [0.717, 1.165) is 26.1 Å². The van der Waals surface area contributed by atoms with Crippen LogP contribution in [0.4, 0.5) is 0 Å². The summed E-state index contributed by atoms with van der Waals surface area (Å²) >= 11 is 0. The zero-order valence-electron chi connectivity index (χ0n) is 10.1. The summed E-state index contributed by atoms with van der Waals surface area (Å²) in [5, 5.41) is 0. The van der Waals surface area contributed by atoms with E-state index in [9.17, 15) is 0 Å². The molecule has 0 saturated heterocycles. The molecule has 0 bridgehead atoms. The lowest BCUT2D eigenvalue weighted by Crippen LogP contribution is -2.43. The molecule has 2 unspecified atom stereocenters. The third-order valence-electron chi connectivity index (χ3n) is 4.13. The van der Waals surface area contributed by atoms with Crippen molar-refractivity contribution >= 4 is 0 Å². The van der Waals surface area contributed by atoms with E-state index < -0.39 is 0 Å². The van der Waals surface area contributed by atoms with Crippen molar-refractivity contribution in [2.45, 2.75) is 45.4 Å². The summed E-state index contributed by atoms with van der Waals surface area (Å²) in [4.78, 5) is 0. The van der Waals surface area contributed by atoms with Crippen molar-refractivity contribution in [1.82, 2.24) is 0 Å². The molecule has 15 heavy (non-hydrogen) atoms. The van der Waals surface area contributed by atoms with E-state index >= 15 is 0 Å². The largest absolute Gasteiger partial charge is 0.330 e. The highest BCUT2D eigenvalue weighted by Crippen LogP contribution is 2.47. The summed E-state index contributed by atoms with van der Waals surface area (Å²) in [7, 11) is 0. The zero-order chi connectivity index (χ0) is 11.4. The van der Waals surface area contributed by atoms with E-state index in [0.29, 0.717) is 10.8 Å². The van der Waals surface area contributed by atoms with Gasteiger partial charge in [0, 0.05) is 0 Å². The minimum absolute atomic E-state index is 0.312. The predicted molar refractivity (Wildman–Crippen MR) is 65.4 cm³/mol. The van der Waals surface area contributed by atoms with Crippen LogP contribution in [-0.2, 0) is 0 Å². The van der Waals surface area contributed by atoms with E-state index in [-0.39, 0.29) is 0 Å². The number of hydrogen-bond acceptors (Lipinski definition) is 3. The van der Waals surface area contributed by atoms with Crippen LogP contribution >= 0.6 is 0 Å². The highest BCUT2D eigenvalue weighted by molar-refractivity contribution is 4.93. The van der Waals surface area contributed by atoms with E-state index in [4.69, 9.17) is 17.2 Å². The molecule has 0 amide bonds. The summed E-state index contributed by atoms with van der Waals surface area (Å²) in [5.74, 6) is 0. The molecule has 0 heterocycles. The highest BCUT2D eigenvalue weighted by atomic mass is 14.7. The average molecular weight is 213 g/mol. The normalized spacial score (nSPS) is 36.8. The van der Waals surface area contributed by atoms with Crippen LogP contribution < -0.4 is 17.2 Å². The maximum Gasteiger partial charge on any atom is -0.00203 e. The fraction of sp³-hybridized carbons (Fsp3) is 1.00. The van der Waals surface area contributed by atoms with Crippen LogP contribution in [0.1, 0.15) is 45.4 Å². The first-order valence-electron chi connectivity index (χ1n) is 6.20. The zero-order valence-corrected chi connectivity index (χ0v) is 10.1. The molecule has 0 aromatic carbocycles. The van der Waals surface area contributed by atoms with Gasteiger partial charge < -0.3 is 17.2 Å². The van der Waals surface area contributed by atoms with Crippen LogP contribution in [0.25, 0.3) is 0 Å². The fourth-order valence-electron chi connectivity index (χ4n) is 3.11. The van der Waals surface area contributed by atoms with Crippen molar-refractivity contribution < 1.29 is 0 Å². The van der Waals surface area contributed by atoms with Gasteiger partial charge in [0.15, 0.2) is 0 Å². The highest BCUT2D eigenvalue weighted by Gasteiger charge is 2.40. The van der Waals surface area contributed by atoms with Crippen LogP contribution in [0.3, 0.4) is 0 Å². The Hall–Kier alpha value is -0.120. The first kappa shape index (κ1) is 12.9. The molecule has 1 rings (SSSR count). The minimum Gasteiger partial charge on any atom is -0.330 e. The van der Waals surface area contributed by atoms with Gasteiger partial charge in [-0.2, -0.15) is 0 Å². The third-order valence-corrected chi connectivity index (χ3v) is 4.13. The second kappa shape index (κ2) is 5.28. The lowest BCUT2D eigenvalue weighted by molar-refractivity contribution is 0.0731. The molecule has 3 nitrogen and oxygen atoms in total. The molecule has 0 aromatic rings. The maximum absolute atomic E-state index is 5.97. The Kier molecular flexibility index (Phi) is 4.56. The lowest BCUT2D eigenvalue weighted by atomic mass is 9.61. The van der Waals surface area contributed by atoms with Gasteiger partial charge in [-0.25, -0.2) is 0 Å². The van der Waals surface area contributed by atoms with Crippen molar-refractivity contribution in [3.05, 3.63) is 0 Å². The summed E-state index contributed by atoms with van der Waals surface area (Å²) in [6, 6.07) is 0. The van der Waals surface area contributed by atoms with Crippen molar-refractivity contribution in [2.24, 2.45) is 28.0 Å². The first-order chi connectivity index (χ1) is 7.10. The Balaban J connectivity index is 2.63. The maximum atomic E-state index is 5.97. The van der Waals surface area contributed by atoms with Gasteiger partial charge in [0.2, 0.25) is 0 Å². The van der Waals surface area contributed by atoms with Gasteiger partial charge in [0.1, 0.15) is 0 Å². The molecule has 6 N–H and O–H groups in total. The Morgan fingerprint density at radius 1 is 1.07 bits per heavy atom. The van der Waals surface area contributed by atoms with Crippen molar-refractivity contribution in [1.29, 1.82) is 0 Å². The Bertz CT molecular complexity index is 195. The Morgan fingerprint density at radius 2 is 1.80 bits per heavy atom. The molecular formula is C12H27N3. The summed E-state index contributed by atoms with van der Waals surface area (Å²) in [5.41, 5.74) is 18.1. The molecule has 0 spiro atoms. The number of nitrogens with two attached hydrogens (primary N) is 3. The summed E-state index contributed by atoms with van der Waals surface area (Å²) < 4.78 is 0. The molecule has 0 aromatic heterocycles. The van der Waals surface area contributed by atoms with Crippen LogP contribution in [-0.4, -0.2) is 19.6 Å². The number of hydrogen-bond donors (Lipinski definition) is 3. The van der Waals surface area contributed by atoms with Crippen molar-refractivity contribution in [2.75, 3.05) is 19.6 Å². The molecule has 0 radical (unpaired) electrons. The smallest absolute Gasteiger partial charge is 0.00203 e. The minimum atomic E-state index is 0.312. The third kappa shape index (κ3) is 3.16. The molecule has 1 aliphatic rings. The molecular weight excluding hydrogens is 186 g/mol. The van der Waals surface area contributed by atoms with E-state index in [2.05, 4.69) is 6.92 Å². The fourth-order valence-corrected chi connectivity index (χ4v) is 3.11. The molecule has 2 atom stereocenters. The van der Waals surface area contributed by atoms with Gasteiger partial charge in [0.25, 0.3) is 0 Å². The summed E-state index contributed by atoms with van der Waals surface area (Å²) in [6.07, 6.45) is 7.25. The van der Waals surface area contributed by atoms with E-state index in [1.165, 1.54) is 32.1 Å². The van der Waals surface area contributed by atoms with Crippen molar-refractivity contribution in [3.8, 4) is 0 Å². The SMILES string of the molecule is CC1(CN)CCCC(CN)(CCCN)C1. The monoisotopic (exact) mass is 213 g/mol.